The van der Waals surface area contributed by atoms with Gasteiger partial charge < -0.3 is 29.0 Å². The lowest BCUT2D eigenvalue weighted by Gasteiger charge is -2.12. The van der Waals surface area contributed by atoms with E-state index in [1.165, 1.54) is 45.5 Å². The monoisotopic (exact) mass is 481 g/mol. The summed E-state index contributed by atoms with van der Waals surface area (Å²) in [7, 11) is 9.29. The SMILES string of the molecule is COc1ccc(/C=C/C(=O)/C(CC(=O)N(C)C)=C(O)/C=C/c2ccc(OC)c(OC)c2)cc1OC. The summed E-state index contributed by atoms with van der Waals surface area (Å²) in [4.78, 5) is 26.7. The van der Waals surface area contributed by atoms with Crippen molar-refractivity contribution in [2.24, 2.45) is 0 Å². The lowest BCUT2D eigenvalue weighted by atomic mass is 10.0. The summed E-state index contributed by atoms with van der Waals surface area (Å²) in [6.07, 6.45) is 5.62. The van der Waals surface area contributed by atoms with Gasteiger partial charge in [-0.2, -0.15) is 0 Å². The first-order valence-electron chi connectivity index (χ1n) is 10.7. The van der Waals surface area contributed by atoms with Crippen LogP contribution in [-0.2, 0) is 9.59 Å². The number of hydrogen-bond donors (Lipinski definition) is 1. The molecular formula is C27H31NO7. The zero-order chi connectivity index (χ0) is 26.0. The number of ether oxygens (including phenoxy) is 4. The summed E-state index contributed by atoms with van der Waals surface area (Å²) in [5.41, 5.74) is 1.37. The first-order chi connectivity index (χ1) is 16.7. The Morgan fingerprint density at radius 3 is 1.66 bits per heavy atom. The number of nitrogens with zero attached hydrogens (tertiary/aromatic N) is 1. The number of amides is 1. The average molecular weight is 482 g/mol. The Morgan fingerprint density at radius 2 is 1.23 bits per heavy atom. The van der Waals surface area contributed by atoms with Crippen LogP contribution in [0.3, 0.4) is 0 Å². The molecule has 0 bridgehead atoms. The maximum absolute atomic E-state index is 13.0. The first-order valence-corrected chi connectivity index (χ1v) is 10.7. The standard InChI is InChI=1S/C27H31NO7/c1-28(2)27(31)17-20(21(29)11-7-18-9-13-23(32-3)25(15-18)34-5)22(30)12-8-19-10-14-24(33-4)26(16-19)35-6/h7-16,29H,17H2,1-6H3/b11-7+,12-8+,21-20-. The molecule has 0 saturated carbocycles. The summed E-state index contributed by atoms with van der Waals surface area (Å²) in [5.74, 6) is 1.04. The molecule has 0 aliphatic heterocycles. The number of aliphatic hydroxyl groups is 1. The third-order valence-corrected chi connectivity index (χ3v) is 5.11. The van der Waals surface area contributed by atoms with E-state index in [0.717, 1.165) is 0 Å². The van der Waals surface area contributed by atoms with Crippen LogP contribution >= 0.6 is 0 Å². The number of ketones is 1. The fourth-order valence-electron chi connectivity index (χ4n) is 3.07. The summed E-state index contributed by atoms with van der Waals surface area (Å²) in [6, 6.07) is 10.4. The first kappa shape index (κ1) is 27.0. The molecule has 0 radical (unpaired) electrons. The normalized spacial score (nSPS) is 11.8. The summed E-state index contributed by atoms with van der Waals surface area (Å²) < 4.78 is 21.0. The number of hydrogen-bond acceptors (Lipinski definition) is 7. The minimum atomic E-state index is -0.496. The van der Waals surface area contributed by atoms with Gasteiger partial charge in [0, 0.05) is 14.1 Å². The van der Waals surface area contributed by atoms with Crippen molar-refractivity contribution in [3.8, 4) is 23.0 Å². The fourth-order valence-corrected chi connectivity index (χ4v) is 3.07. The van der Waals surface area contributed by atoms with E-state index < -0.39 is 5.78 Å². The Hall–Kier alpha value is -4.20. The molecule has 35 heavy (non-hydrogen) atoms. The molecule has 2 aromatic carbocycles. The highest BCUT2D eigenvalue weighted by Crippen LogP contribution is 2.29. The number of carbonyl (C=O) groups excluding carboxylic acids is 2. The summed E-state index contributed by atoms with van der Waals surface area (Å²) in [6.45, 7) is 0. The van der Waals surface area contributed by atoms with Gasteiger partial charge in [0.15, 0.2) is 28.8 Å². The van der Waals surface area contributed by atoms with Crippen LogP contribution in [-0.4, -0.2) is 64.2 Å². The highest BCUT2D eigenvalue weighted by atomic mass is 16.5. The average Bonchev–Trinajstić information content (AvgIpc) is 2.88. The van der Waals surface area contributed by atoms with Gasteiger partial charge in [-0.1, -0.05) is 24.3 Å². The van der Waals surface area contributed by atoms with Crippen LogP contribution < -0.4 is 18.9 Å². The number of allylic oxidation sites excluding steroid dienone is 2. The molecule has 0 unspecified atom stereocenters. The zero-order valence-electron chi connectivity index (χ0n) is 20.8. The molecular weight excluding hydrogens is 450 g/mol. The van der Waals surface area contributed by atoms with E-state index in [0.29, 0.717) is 34.1 Å². The molecule has 0 atom stereocenters. The molecule has 0 fully saturated rings. The third-order valence-electron chi connectivity index (χ3n) is 5.11. The molecule has 0 heterocycles. The van der Waals surface area contributed by atoms with E-state index in [1.807, 2.05) is 0 Å². The van der Waals surface area contributed by atoms with Crippen molar-refractivity contribution in [2.75, 3.05) is 42.5 Å². The largest absolute Gasteiger partial charge is 0.508 e. The van der Waals surface area contributed by atoms with Gasteiger partial charge in [0.1, 0.15) is 5.76 Å². The third kappa shape index (κ3) is 7.40. The van der Waals surface area contributed by atoms with E-state index in [4.69, 9.17) is 18.9 Å². The van der Waals surface area contributed by atoms with Gasteiger partial charge >= 0.3 is 0 Å². The van der Waals surface area contributed by atoms with Crippen molar-refractivity contribution >= 4 is 23.8 Å². The molecule has 0 aliphatic carbocycles. The molecule has 0 spiro atoms. The fraction of sp³-hybridized carbons (Fsp3) is 0.259. The number of methoxy groups -OCH3 is 4. The van der Waals surface area contributed by atoms with Gasteiger partial charge in [0.2, 0.25) is 5.91 Å². The van der Waals surface area contributed by atoms with Crippen molar-refractivity contribution in [3.63, 3.8) is 0 Å². The van der Waals surface area contributed by atoms with Gasteiger partial charge in [-0.25, -0.2) is 0 Å². The molecule has 2 rings (SSSR count). The zero-order valence-corrected chi connectivity index (χ0v) is 20.8. The number of carbonyl (C=O) groups is 2. The molecule has 0 saturated heterocycles. The Bertz CT molecular complexity index is 1150. The van der Waals surface area contributed by atoms with Crippen LogP contribution in [0.15, 0.2) is 59.9 Å². The Balaban J connectivity index is 2.37. The second-order valence-electron chi connectivity index (χ2n) is 7.59. The Labute approximate surface area is 205 Å². The van der Waals surface area contributed by atoms with Gasteiger partial charge in [-0.05, 0) is 47.5 Å². The second kappa shape index (κ2) is 12.9. The summed E-state index contributed by atoms with van der Waals surface area (Å²) in [5, 5.41) is 10.7. The second-order valence-corrected chi connectivity index (χ2v) is 7.59. The number of aliphatic hydroxyl groups excluding tert-OH is 1. The van der Waals surface area contributed by atoms with Gasteiger partial charge in [-0.3, -0.25) is 9.59 Å². The van der Waals surface area contributed by atoms with Gasteiger partial charge in [0.05, 0.1) is 40.4 Å². The van der Waals surface area contributed by atoms with Crippen LogP contribution in [0, 0.1) is 0 Å². The van der Waals surface area contributed by atoms with Crippen LogP contribution in [0.5, 0.6) is 23.0 Å². The molecule has 2 aromatic rings. The van der Waals surface area contributed by atoms with E-state index in [1.54, 1.807) is 62.6 Å². The Morgan fingerprint density at radius 1 is 0.771 bits per heavy atom. The van der Waals surface area contributed by atoms with Crippen LogP contribution in [0.2, 0.25) is 0 Å². The molecule has 0 aliphatic rings. The highest BCUT2D eigenvalue weighted by Gasteiger charge is 2.17. The quantitative estimate of drug-likeness (QED) is 0.290. The maximum Gasteiger partial charge on any atom is 0.226 e. The van der Waals surface area contributed by atoms with Crippen LogP contribution in [0.25, 0.3) is 12.2 Å². The van der Waals surface area contributed by atoms with Crippen LogP contribution in [0.1, 0.15) is 17.5 Å². The predicted octanol–water partition coefficient (Wildman–Crippen LogP) is 4.31. The minimum Gasteiger partial charge on any atom is -0.508 e. The van der Waals surface area contributed by atoms with Gasteiger partial charge in [0.25, 0.3) is 0 Å². The lowest BCUT2D eigenvalue weighted by molar-refractivity contribution is -0.128. The minimum absolute atomic E-state index is 0.0304. The van der Waals surface area contributed by atoms with Crippen molar-refractivity contribution in [3.05, 3.63) is 71.0 Å². The predicted molar refractivity (Wildman–Crippen MR) is 135 cm³/mol. The molecule has 186 valence electrons. The molecule has 8 heteroatoms. The number of benzene rings is 2. The molecule has 1 amide bonds. The summed E-state index contributed by atoms with van der Waals surface area (Å²) >= 11 is 0. The van der Waals surface area contributed by atoms with Crippen LogP contribution in [0.4, 0.5) is 0 Å². The van der Waals surface area contributed by atoms with Crippen molar-refractivity contribution < 1.29 is 33.6 Å². The van der Waals surface area contributed by atoms with E-state index >= 15 is 0 Å². The van der Waals surface area contributed by atoms with Gasteiger partial charge in [-0.15, -0.1) is 0 Å². The van der Waals surface area contributed by atoms with E-state index in [9.17, 15) is 14.7 Å². The topological polar surface area (TPSA) is 94.5 Å². The smallest absolute Gasteiger partial charge is 0.226 e. The van der Waals surface area contributed by atoms with E-state index in [-0.39, 0.29) is 23.7 Å². The maximum atomic E-state index is 13.0. The molecule has 8 nitrogen and oxygen atoms in total. The van der Waals surface area contributed by atoms with Crippen molar-refractivity contribution in [2.45, 2.75) is 6.42 Å². The van der Waals surface area contributed by atoms with Crippen molar-refractivity contribution in [1.82, 2.24) is 4.90 Å². The highest BCUT2D eigenvalue weighted by molar-refractivity contribution is 6.09. The Kier molecular flexibility index (Phi) is 9.96. The lowest BCUT2D eigenvalue weighted by Crippen LogP contribution is -2.23. The van der Waals surface area contributed by atoms with E-state index in [2.05, 4.69) is 0 Å². The molecule has 1 N–H and O–H groups in total. The molecule has 0 aromatic heterocycles. The number of rotatable bonds is 11. The van der Waals surface area contributed by atoms with Crippen molar-refractivity contribution in [1.29, 1.82) is 0 Å².